The summed E-state index contributed by atoms with van der Waals surface area (Å²) in [7, 11) is 0. The van der Waals surface area contributed by atoms with E-state index in [2.05, 4.69) is 17.1 Å². The van der Waals surface area contributed by atoms with Gasteiger partial charge in [0.05, 0.1) is 25.3 Å². The Balaban J connectivity index is 1.71. The second kappa shape index (κ2) is 8.08. The molecule has 1 N–H and O–H groups in total. The van der Waals surface area contributed by atoms with Crippen molar-refractivity contribution in [2.24, 2.45) is 0 Å². The molecule has 134 valence electrons. The smallest absolute Gasteiger partial charge is 0.234 e. The number of ether oxygens (including phenoxy) is 1. The molecule has 1 aromatic carbocycles. The standard InChI is InChI=1S/C19H23FN2O2S/c1-13-12-24-14(2)10-22(13)11-18(23)21-19(17-4-3-9-25-17)15-5-7-16(20)8-6-15/h3-9,13-14,19H,10-12H2,1-2H3,(H,21,23). The Bertz CT molecular complexity index is 690. The number of nitrogens with zero attached hydrogens (tertiary/aromatic N) is 1. The summed E-state index contributed by atoms with van der Waals surface area (Å²) in [6.45, 7) is 5.80. The molecule has 1 aliphatic heterocycles. The van der Waals surface area contributed by atoms with E-state index in [1.807, 2.05) is 24.4 Å². The van der Waals surface area contributed by atoms with Crippen LogP contribution in [0.3, 0.4) is 0 Å². The van der Waals surface area contributed by atoms with Gasteiger partial charge in [0.1, 0.15) is 5.82 Å². The summed E-state index contributed by atoms with van der Waals surface area (Å²) in [5.74, 6) is -0.320. The van der Waals surface area contributed by atoms with Crippen LogP contribution in [0.5, 0.6) is 0 Å². The van der Waals surface area contributed by atoms with Gasteiger partial charge < -0.3 is 10.1 Å². The molecular formula is C19H23FN2O2S. The SMILES string of the molecule is CC1CN(CC(=O)NC(c2ccc(F)cc2)c2cccs2)C(C)CO1. The van der Waals surface area contributed by atoms with Gasteiger partial charge in [0.2, 0.25) is 5.91 Å². The average molecular weight is 362 g/mol. The van der Waals surface area contributed by atoms with Crippen LogP contribution < -0.4 is 5.32 Å². The molecule has 1 amide bonds. The molecule has 0 bridgehead atoms. The van der Waals surface area contributed by atoms with Crippen LogP contribution in [0.4, 0.5) is 4.39 Å². The molecule has 1 fully saturated rings. The summed E-state index contributed by atoms with van der Waals surface area (Å²) in [6, 6.07) is 10.2. The van der Waals surface area contributed by atoms with E-state index in [-0.39, 0.29) is 29.9 Å². The van der Waals surface area contributed by atoms with Crippen molar-refractivity contribution in [3.8, 4) is 0 Å². The second-order valence-corrected chi connectivity index (χ2v) is 7.47. The summed E-state index contributed by atoms with van der Waals surface area (Å²) < 4.78 is 18.9. The van der Waals surface area contributed by atoms with E-state index >= 15 is 0 Å². The highest BCUT2D eigenvalue weighted by atomic mass is 32.1. The Kier molecular flexibility index (Phi) is 5.83. The minimum atomic E-state index is -0.281. The van der Waals surface area contributed by atoms with Crippen molar-refractivity contribution in [1.29, 1.82) is 0 Å². The third kappa shape index (κ3) is 4.66. The van der Waals surface area contributed by atoms with Crippen molar-refractivity contribution < 1.29 is 13.9 Å². The molecule has 0 aliphatic carbocycles. The molecule has 4 nitrogen and oxygen atoms in total. The molecule has 3 rings (SSSR count). The maximum Gasteiger partial charge on any atom is 0.234 e. The Morgan fingerprint density at radius 3 is 2.80 bits per heavy atom. The van der Waals surface area contributed by atoms with E-state index in [0.29, 0.717) is 13.2 Å². The summed E-state index contributed by atoms with van der Waals surface area (Å²) in [4.78, 5) is 15.8. The van der Waals surface area contributed by atoms with Crippen LogP contribution in [0.1, 0.15) is 30.3 Å². The summed E-state index contributed by atoms with van der Waals surface area (Å²) in [5.41, 5.74) is 0.876. The molecule has 0 radical (unpaired) electrons. The number of carbonyl (C=O) groups is 1. The number of nitrogens with one attached hydrogen (secondary N) is 1. The maximum absolute atomic E-state index is 13.2. The van der Waals surface area contributed by atoms with Gasteiger partial charge in [-0.15, -0.1) is 11.3 Å². The Morgan fingerprint density at radius 1 is 1.36 bits per heavy atom. The van der Waals surface area contributed by atoms with Crippen molar-refractivity contribution in [3.63, 3.8) is 0 Å². The predicted molar refractivity (Wildman–Crippen MR) is 97.2 cm³/mol. The molecule has 3 unspecified atom stereocenters. The van der Waals surface area contributed by atoms with E-state index in [0.717, 1.165) is 17.0 Å². The number of amides is 1. The quantitative estimate of drug-likeness (QED) is 0.888. The van der Waals surface area contributed by atoms with E-state index in [9.17, 15) is 9.18 Å². The van der Waals surface area contributed by atoms with Gasteiger partial charge in [0.25, 0.3) is 0 Å². The predicted octanol–water partition coefficient (Wildman–Crippen LogP) is 3.20. The van der Waals surface area contributed by atoms with Gasteiger partial charge in [0.15, 0.2) is 0 Å². The third-order valence-corrected chi connectivity index (χ3v) is 5.36. The van der Waals surface area contributed by atoms with Crippen LogP contribution in [-0.2, 0) is 9.53 Å². The zero-order chi connectivity index (χ0) is 17.8. The van der Waals surface area contributed by atoms with Crippen LogP contribution in [0.15, 0.2) is 41.8 Å². The van der Waals surface area contributed by atoms with Crippen molar-refractivity contribution in [1.82, 2.24) is 10.2 Å². The van der Waals surface area contributed by atoms with Gasteiger partial charge in [-0.25, -0.2) is 4.39 Å². The molecule has 3 atom stereocenters. The second-order valence-electron chi connectivity index (χ2n) is 6.49. The average Bonchev–Trinajstić information content (AvgIpc) is 3.11. The first-order chi connectivity index (χ1) is 12.0. The molecule has 25 heavy (non-hydrogen) atoms. The van der Waals surface area contributed by atoms with E-state index < -0.39 is 0 Å². The Hall–Kier alpha value is -1.76. The highest BCUT2D eigenvalue weighted by molar-refractivity contribution is 7.10. The number of rotatable bonds is 5. The highest BCUT2D eigenvalue weighted by Gasteiger charge is 2.26. The lowest BCUT2D eigenvalue weighted by Crippen LogP contribution is -2.51. The molecule has 1 aromatic heterocycles. The third-order valence-electron chi connectivity index (χ3n) is 4.42. The van der Waals surface area contributed by atoms with Gasteiger partial charge in [-0.2, -0.15) is 0 Å². The molecular weight excluding hydrogens is 339 g/mol. The zero-order valence-corrected chi connectivity index (χ0v) is 15.3. The van der Waals surface area contributed by atoms with Gasteiger partial charge in [-0.3, -0.25) is 9.69 Å². The monoisotopic (exact) mass is 362 g/mol. The molecule has 1 saturated heterocycles. The fourth-order valence-corrected chi connectivity index (χ4v) is 3.82. The van der Waals surface area contributed by atoms with Gasteiger partial charge in [-0.1, -0.05) is 18.2 Å². The van der Waals surface area contributed by atoms with Gasteiger partial charge >= 0.3 is 0 Å². The fourth-order valence-electron chi connectivity index (χ4n) is 3.01. The summed E-state index contributed by atoms with van der Waals surface area (Å²) >= 11 is 1.58. The molecule has 6 heteroatoms. The number of morpholine rings is 1. The lowest BCUT2D eigenvalue weighted by Gasteiger charge is -2.36. The lowest BCUT2D eigenvalue weighted by atomic mass is 10.1. The number of carbonyl (C=O) groups excluding carboxylic acids is 1. The lowest BCUT2D eigenvalue weighted by molar-refractivity contribution is -0.126. The number of hydrogen-bond donors (Lipinski definition) is 1. The van der Waals surface area contributed by atoms with Crippen molar-refractivity contribution >= 4 is 17.2 Å². The first-order valence-electron chi connectivity index (χ1n) is 8.47. The van der Waals surface area contributed by atoms with Crippen molar-refractivity contribution in [2.75, 3.05) is 19.7 Å². The minimum absolute atomic E-state index is 0.0383. The molecule has 0 spiro atoms. The summed E-state index contributed by atoms with van der Waals surface area (Å²) in [6.07, 6.45) is 0.134. The normalized spacial score (nSPS) is 22.5. The van der Waals surface area contributed by atoms with Crippen LogP contribution in [0, 0.1) is 5.82 Å². The van der Waals surface area contributed by atoms with Gasteiger partial charge in [-0.05, 0) is 43.0 Å². The van der Waals surface area contributed by atoms with Crippen LogP contribution >= 0.6 is 11.3 Å². The van der Waals surface area contributed by atoms with Gasteiger partial charge in [0, 0.05) is 17.5 Å². The maximum atomic E-state index is 13.2. The van der Waals surface area contributed by atoms with Crippen molar-refractivity contribution in [3.05, 3.63) is 58.0 Å². The number of benzene rings is 1. The highest BCUT2D eigenvalue weighted by Crippen LogP contribution is 2.26. The Morgan fingerprint density at radius 2 is 2.12 bits per heavy atom. The zero-order valence-electron chi connectivity index (χ0n) is 14.4. The van der Waals surface area contributed by atoms with Crippen LogP contribution in [-0.4, -0.2) is 42.6 Å². The van der Waals surface area contributed by atoms with Crippen molar-refractivity contribution in [2.45, 2.75) is 32.0 Å². The van der Waals surface area contributed by atoms with E-state index in [1.54, 1.807) is 23.5 Å². The number of thiophene rings is 1. The molecule has 0 saturated carbocycles. The Labute approximate surface area is 151 Å². The molecule has 2 aromatic rings. The topological polar surface area (TPSA) is 41.6 Å². The van der Waals surface area contributed by atoms with E-state index in [1.165, 1.54) is 12.1 Å². The molecule has 2 heterocycles. The van der Waals surface area contributed by atoms with Crippen LogP contribution in [0.2, 0.25) is 0 Å². The first-order valence-corrected chi connectivity index (χ1v) is 9.35. The number of hydrogen-bond acceptors (Lipinski definition) is 4. The number of halogens is 1. The summed E-state index contributed by atoms with van der Waals surface area (Å²) in [5, 5.41) is 5.08. The molecule has 1 aliphatic rings. The first kappa shape index (κ1) is 18.0. The minimum Gasteiger partial charge on any atom is -0.376 e. The fraction of sp³-hybridized carbons (Fsp3) is 0.421. The van der Waals surface area contributed by atoms with E-state index in [4.69, 9.17) is 4.74 Å². The van der Waals surface area contributed by atoms with Crippen LogP contribution in [0.25, 0.3) is 0 Å². The largest absolute Gasteiger partial charge is 0.376 e.